The molecular weight excluding hydrogens is 482 g/mol. The fourth-order valence-corrected chi connectivity index (χ4v) is 6.14. The average molecular weight is 506 g/mol. The highest BCUT2D eigenvalue weighted by Crippen LogP contribution is 2.39. The molecule has 3 aromatic carbocycles. The molecule has 2 N–H and O–H groups in total. The van der Waals surface area contributed by atoms with Gasteiger partial charge in [0.15, 0.2) is 0 Å². The zero-order chi connectivity index (χ0) is 23.9. The Bertz CT molecular complexity index is 1400. The molecule has 2 aliphatic rings. The SMILES string of the molecule is O=c1[nH]n(C(c2ccccc2)c2ccc(N3CC4CC3CO4)cc2)c(O)c1Sc1ccccc1Cl. The number of morpholine rings is 1. The van der Waals surface area contributed by atoms with E-state index in [-0.39, 0.29) is 16.3 Å². The molecule has 2 bridgehead atoms. The number of anilines is 1. The minimum absolute atomic E-state index is 0.119. The molecule has 1 aromatic heterocycles. The zero-order valence-corrected chi connectivity index (χ0v) is 20.4. The Hall–Kier alpha value is -3.13. The molecule has 6 rings (SSSR count). The lowest BCUT2D eigenvalue weighted by Crippen LogP contribution is -2.36. The molecule has 3 heterocycles. The van der Waals surface area contributed by atoms with Crippen molar-refractivity contribution in [3.05, 3.63) is 105 Å². The first kappa shape index (κ1) is 22.3. The molecule has 2 saturated heterocycles. The Balaban J connectivity index is 1.38. The molecule has 3 unspecified atom stereocenters. The van der Waals surface area contributed by atoms with Crippen LogP contribution in [0.15, 0.2) is 93.4 Å². The van der Waals surface area contributed by atoms with Crippen molar-refractivity contribution in [2.45, 2.75) is 34.4 Å². The van der Waals surface area contributed by atoms with Gasteiger partial charge in [0.05, 0.1) is 23.8 Å². The number of nitrogens with zero attached hydrogens (tertiary/aromatic N) is 2. The predicted molar refractivity (Wildman–Crippen MR) is 138 cm³/mol. The summed E-state index contributed by atoms with van der Waals surface area (Å²) < 4.78 is 7.28. The van der Waals surface area contributed by atoms with Crippen molar-refractivity contribution in [1.29, 1.82) is 0 Å². The Labute approximate surface area is 212 Å². The van der Waals surface area contributed by atoms with E-state index in [1.54, 1.807) is 6.07 Å². The number of hydrogen-bond acceptors (Lipinski definition) is 5. The first-order valence-electron chi connectivity index (χ1n) is 11.6. The van der Waals surface area contributed by atoms with Gasteiger partial charge in [-0.1, -0.05) is 78.0 Å². The summed E-state index contributed by atoms with van der Waals surface area (Å²) in [5.74, 6) is -0.119. The Kier molecular flexibility index (Phi) is 5.84. The Morgan fingerprint density at radius 2 is 1.71 bits per heavy atom. The predicted octanol–water partition coefficient (Wildman–Crippen LogP) is 5.30. The Morgan fingerprint density at radius 3 is 2.40 bits per heavy atom. The second kappa shape index (κ2) is 9.15. The van der Waals surface area contributed by atoms with Gasteiger partial charge >= 0.3 is 0 Å². The van der Waals surface area contributed by atoms with Gasteiger partial charge in [-0.2, -0.15) is 0 Å². The number of fused-ring (bicyclic) bond motifs is 2. The smallest absolute Gasteiger partial charge is 0.282 e. The normalized spacial score (nSPS) is 19.9. The molecule has 178 valence electrons. The number of aromatic nitrogens is 2. The van der Waals surface area contributed by atoms with E-state index in [4.69, 9.17) is 16.3 Å². The van der Waals surface area contributed by atoms with E-state index in [1.165, 1.54) is 4.68 Å². The fourth-order valence-electron chi connectivity index (χ4n) is 5.03. The second-order valence-electron chi connectivity index (χ2n) is 8.90. The lowest BCUT2D eigenvalue weighted by Gasteiger charge is -2.29. The molecule has 0 amide bonds. The van der Waals surface area contributed by atoms with Crippen LogP contribution in [-0.4, -0.2) is 40.2 Å². The minimum Gasteiger partial charge on any atom is -0.493 e. The van der Waals surface area contributed by atoms with Crippen LogP contribution in [-0.2, 0) is 4.74 Å². The summed E-state index contributed by atoms with van der Waals surface area (Å²) >= 11 is 7.46. The van der Waals surface area contributed by atoms with Crippen LogP contribution in [0.5, 0.6) is 5.88 Å². The van der Waals surface area contributed by atoms with Crippen LogP contribution in [0.4, 0.5) is 5.69 Å². The van der Waals surface area contributed by atoms with Gasteiger partial charge in [0.2, 0.25) is 5.88 Å². The van der Waals surface area contributed by atoms with Crippen LogP contribution in [0.25, 0.3) is 0 Å². The molecule has 0 spiro atoms. The van der Waals surface area contributed by atoms with Crippen molar-refractivity contribution in [1.82, 2.24) is 9.78 Å². The largest absolute Gasteiger partial charge is 0.493 e. The summed E-state index contributed by atoms with van der Waals surface area (Å²) in [6, 6.07) is 25.5. The van der Waals surface area contributed by atoms with Gasteiger partial charge in [-0.25, -0.2) is 4.68 Å². The van der Waals surface area contributed by atoms with E-state index in [0.717, 1.165) is 48.1 Å². The lowest BCUT2D eigenvalue weighted by atomic mass is 9.98. The first-order valence-corrected chi connectivity index (χ1v) is 12.8. The number of H-pyrrole nitrogens is 1. The summed E-state index contributed by atoms with van der Waals surface area (Å²) in [6.07, 6.45) is 1.41. The molecule has 0 aliphatic carbocycles. The van der Waals surface area contributed by atoms with E-state index < -0.39 is 6.04 Å². The number of hydrogen-bond donors (Lipinski definition) is 2. The molecule has 8 heteroatoms. The Morgan fingerprint density at radius 1 is 1.00 bits per heavy atom. The molecule has 0 radical (unpaired) electrons. The summed E-state index contributed by atoms with van der Waals surface area (Å²) in [6.45, 7) is 1.70. The quantitative estimate of drug-likeness (QED) is 0.372. The van der Waals surface area contributed by atoms with E-state index in [1.807, 2.05) is 48.5 Å². The van der Waals surface area contributed by atoms with Gasteiger partial charge in [-0.3, -0.25) is 9.89 Å². The van der Waals surface area contributed by atoms with Crippen LogP contribution in [0.2, 0.25) is 5.02 Å². The maximum atomic E-state index is 12.9. The van der Waals surface area contributed by atoms with Crippen LogP contribution >= 0.6 is 23.4 Å². The monoisotopic (exact) mass is 505 g/mol. The first-order chi connectivity index (χ1) is 17.1. The van der Waals surface area contributed by atoms with Crippen molar-refractivity contribution in [3.63, 3.8) is 0 Å². The molecule has 6 nitrogen and oxygen atoms in total. The maximum Gasteiger partial charge on any atom is 0.282 e. The van der Waals surface area contributed by atoms with Crippen molar-refractivity contribution in [2.75, 3.05) is 18.1 Å². The van der Waals surface area contributed by atoms with Gasteiger partial charge in [-0.05, 0) is 41.8 Å². The number of aromatic hydroxyl groups is 1. The average Bonchev–Trinajstić information content (AvgIpc) is 3.59. The van der Waals surface area contributed by atoms with Crippen LogP contribution in [0.3, 0.4) is 0 Å². The molecule has 3 atom stereocenters. The number of benzene rings is 3. The van der Waals surface area contributed by atoms with Gasteiger partial charge in [0, 0.05) is 17.1 Å². The highest BCUT2D eigenvalue weighted by Gasteiger charge is 2.39. The van der Waals surface area contributed by atoms with E-state index in [0.29, 0.717) is 22.1 Å². The second-order valence-corrected chi connectivity index (χ2v) is 10.4. The number of nitrogens with one attached hydrogen (secondary N) is 1. The molecule has 35 heavy (non-hydrogen) atoms. The standard InChI is InChI=1S/C27H24ClN3O3S/c28-22-8-4-5-9-23(22)35-25-26(32)29-31(27(25)33)24(17-6-2-1-3-7-17)18-10-12-19(13-11-18)30-15-21-14-20(30)16-34-21/h1-13,20-21,24,33H,14-16H2,(H,29,32). The van der Waals surface area contributed by atoms with Crippen LogP contribution in [0.1, 0.15) is 23.6 Å². The van der Waals surface area contributed by atoms with Gasteiger partial charge < -0.3 is 14.7 Å². The van der Waals surface area contributed by atoms with Crippen molar-refractivity contribution < 1.29 is 9.84 Å². The van der Waals surface area contributed by atoms with Crippen LogP contribution in [0, 0.1) is 0 Å². The zero-order valence-electron chi connectivity index (χ0n) is 18.8. The minimum atomic E-state index is -0.406. The molecular formula is C27H24ClN3O3S. The van der Waals surface area contributed by atoms with E-state index >= 15 is 0 Å². The molecule has 4 aromatic rings. The third-order valence-corrected chi connectivity index (χ3v) is 8.31. The summed E-state index contributed by atoms with van der Waals surface area (Å²) in [5.41, 5.74) is 2.70. The molecule has 0 saturated carbocycles. The van der Waals surface area contributed by atoms with Crippen molar-refractivity contribution >= 4 is 29.1 Å². The topological polar surface area (TPSA) is 70.5 Å². The van der Waals surface area contributed by atoms with E-state index in [2.05, 4.69) is 34.3 Å². The van der Waals surface area contributed by atoms with Gasteiger partial charge in [0.1, 0.15) is 10.9 Å². The third kappa shape index (κ3) is 4.14. The summed E-state index contributed by atoms with van der Waals surface area (Å²) in [4.78, 5) is 16.2. The highest BCUT2D eigenvalue weighted by atomic mass is 35.5. The van der Waals surface area contributed by atoms with E-state index in [9.17, 15) is 9.90 Å². The lowest BCUT2D eigenvalue weighted by molar-refractivity contribution is 0.0991. The number of ether oxygens (including phenoxy) is 1. The summed E-state index contributed by atoms with van der Waals surface area (Å²) in [5, 5.41) is 14.6. The number of halogens is 1. The fraction of sp³-hybridized carbons (Fsp3) is 0.222. The number of rotatable bonds is 6. The van der Waals surface area contributed by atoms with Gasteiger partial charge in [-0.15, -0.1) is 0 Å². The van der Waals surface area contributed by atoms with Crippen LogP contribution < -0.4 is 10.5 Å². The third-order valence-electron chi connectivity index (χ3n) is 6.72. The summed E-state index contributed by atoms with van der Waals surface area (Å²) in [7, 11) is 0. The number of aromatic amines is 1. The van der Waals surface area contributed by atoms with Crippen molar-refractivity contribution in [3.8, 4) is 5.88 Å². The maximum absolute atomic E-state index is 12.9. The molecule has 2 fully saturated rings. The highest BCUT2D eigenvalue weighted by molar-refractivity contribution is 7.99. The van der Waals surface area contributed by atoms with Crippen molar-refractivity contribution in [2.24, 2.45) is 0 Å². The van der Waals surface area contributed by atoms with Gasteiger partial charge in [0.25, 0.3) is 5.56 Å². The molecule has 2 aliphatic heterocycles.